The van der Waals surface area contributed by atoms with Crippen LogP contribution in [0.2, 0.25) is 0 Å². The maximum absolute atomic E-state index is 12.4. The van der Waals surface area contributed by atoms with Crippen molar-refractivity contribution in [2.45, 2.75) is 0 Å². The van der Waals surface area contributed by atoms with Gasteiger partial charge >= 0.3 is 0 Å². The number of carbonyl (C=O) groups excluding carboxylic acids is 2. The van der Waals surface area contributed by atoms with E-state index in [-0.39, 0.29) is 11.6 Å². The summed E-state index contributed by atoms with van der Waals surface area (Å²) < 4.78 is 0.930. The van der Waals surface area contributed by atoms with Gasteiger partial charge in [-0.05, 0) is 46.9 Å². The number of nitrogen functional groups attached to an aromatic ring is 1. The highest BCUT2D eigenvalue weighted by atomic mass is 127. The van der Waals surface area contributed by atoms with Crippen LogP contribution in [-0.2, 0) is 0 Å². The molecule has 0 spiro atoms. The third-order valence-electron chi connectivity index (χ3n) is 3.04. The average Bonchev–Trinajstić information content (AvgIpc) is 2.35. The minimum absolute atomic E-state index is 0.134. The van der Waals surface area contributed by atoms with E-state index in [1.807, 2.05) is 6.07 Å². The molecule has 0 saturated heterocycles. The zero-order valence-corrected chi connectivity index (χ0v) is 11.4. The van der Waals surface area contributed by atoms with E-state index in [9.17, 15) is 9.59 Å². The van der Waals surface area contributed by atoms with Gasteiger partial charge in [0.15, 0.2) is 11.6 Å². The Kier molecular flexibility index (Phi) is 2.48. The van der Waals surface area contributed by atoms with Crippen molar-refractivity contribution in [3.05, 3.63) is 62.2 Å². The number of halogens is 1. The predicted molar refractivity (Wildman–Crippen MR) is 76.9 cm³/mol. The minimum atomic E-state index is -0.172. The van der Waals surface area contributed by atoms with Crippen molar-refractivity contribution < 1.29 is 9.59 Å². The highest BCUT2D eigenvalue weighted by molar-refractivity contribution is 14.1. The fraction of sp³-hybridized carbons (Fsp3) is 0. The van der Waals surface area contributed by atoms with Crippen LogP contribution < -0.4 is 5.73 Å². The number of nitrogens with two attached hydrogens (primary N) is 1. The maximum Gasteiger partial charge on any atom is 0.196 e. The monoisotopic (exact) mass is 349 g/mol. The topological polar surface area (TPSA) is 60.2 Å². The molecule has 3 nitrogen and oxygen atoms in total. The van der Waals surface area contributed by atoms with Gasteiger partial charge in [-0.15, -0.1) is 0 Å². The van der Waals surface area contributed by atoms with Crippen LogP contribution in [0, 0.1) is 3.57 Å². The Morgan fingerprint density at radius 3 is 2.44 bits per heavy atom. The van der Waals surface area contributed by atoms with Crippen molar-refractivity contribution in [2.24, 2.45) is 0 Å². The number of anilines is 1. The second-order valence-corrected chi connectivity index (χ2v) is 5.36. The lowest BCUT2D eigenvalue weighted by atomic mass is 9.83. The second kappa shape index (κ2) is 3.91. The van der Waals surface area contributed by atoms with Gasteiger partial charge in [0, 0.05) is 25.9 Å². The second-order valence-electron chi connectivity index (χ2n) is 4.12. The molecule has 0 atom stereocenters. The van der Waals surface area contributed by atoms with Gasteiger partial charge in [-0.2, -0.15) is 0 Å². The summed E-state index contributed by atoms with van der Waals surface area (Å²) in [6.07, 6.45) is 0. The van der Waals surface area contributed by atoms with Gasteiger partial charge in [0.05, 0.1) is 5.56 Å². The van der Waals surface area contributed by atoms with Crippen LogP contribution in [0.15, 0.2) is 36.4 Å². The van der Waals surface area contributed by atoms with Gasteiger partial charge in [0.1, 0.15) is 0 Å². The number of fused-ring (bicyclic) bond motifs is 2. The Labute approximate surface area is 117 Å². The summed E-state index contributed by atoms with van der Waals surface area (Å²) in [5.74, 6) is -0.306. The first-order valence-corrected chi connectivity index (χ1v) is 6.45. The van der Waals surface area contributed by atoms with Crippen LogP contribution in [0.3, 0.4) is 0 Å². The van der Waals surface area contributed by atoms with Gasteiger partial charge < -0.3 is 5.73 Å². The Balaban J connectivity index is 2.35. The molecule has 1 aliphatic carbocycles. The molecular weight excluding hydrogens is 341 g/mol. The molecule has 2 aromatic carbocycles. The van der Waals surface area contributed by atoms with Crippen LogP contribution >= 0.6 is 22.6 Å². The lowest BCUT2D eigenvalue weighted by molar-refractivity contribution is 0.0979. The lowest BCUT2D eigenvalue weighted by Crippen LogP contribution is -2.22. The third kappa shape index (κ3) is 1.49. The van der Waals surface area contributed by atoms with E-state index in [0.29, 0.717) is 27.9 Å². The highest BCUT2D eigenvalue weighted by Crippen LogP contribution is 2.31. The van der Waals surface area contributed by atoms with E-state index in [0.717, 1.165) is 3.57 Å². The summed E-state index contributed by atoms with van der Waals surface area (Å²) in [4.78, 5) is 24.7. The highest BCUT2D eigenvalue weighted by Gasteiger charge is 2.30. The zero-order valence-electron chi connectivity index (χ0n) is 9.24. The number of ketones is 2. The van der Waals surface area contributed by atoms with Crippen molar-refractivity contribution in [3.63, 3.8) is 0 Å². The van der Waals surface area contributed by atoms with Gasteiger partial charge in [-0.1, -0.05) is 12.1 Å². The normalized spacial score (nSPS) is 13.2. The Morgan fingerprint density at radius 1 is 0.889 bits per heavy atom. The molecule has 0 aliphatic heterocycles. The van der Waals surface area contributed by atoms with Crippen molar-refractivity contribution in [3.8, 4) is 0 Å². The van der Waals surface area contributed by atoms with E-state index >= 15 is 0 Å². The number of hydrogen-bond acceptors (Lipinski definition) is 3. The Bertz CT molecular complexity index is 703. The predicted octanol–water partition coefficient (Wildman–Crippen LogP) is 2.65. The fourth-order valence-corrected chi connectivity index (χ4v) is 2.69. The molecule has 0 aromatic heterocycles. The van der Waals surface area contributed by atoms with E-state index < -0.39 is 0 Å². The quantitative estimate of drug-likeness (QED) is 0.501. The number of benzene rings is 2. The number of rotatable bonds is 0. The van der Waals surface area contributed by atoms with E-state index in [2.05, 4.69) is 22.6 Å². The molecule has 2 aromatic rings. The van der Waals surface area contributed by atoms with Crippen molar-refractivity contribution in [1.29, 1.82) is 0 Å². The SMILES string of the molecule is Nc1cccc2c1C(=O)c1ccc(I)cc1C2=O. The maximum atomic E-state index is 12.4. The summed E-state index contributed by atoms with van der Waals surface area (Å²) in [6.45, 7) is 0. The van der Waals surface area contributed by atoms with E-state index in [1.54, 1.807) is 30.3 Å². The molecule has 4 heteroatoms. The molecule has 2 N–H and O–H groups in total. The summed E-state index contributed by atoms with van der Waals surface area (Å²) in [6, 6.07) is 10.2. The average molecular weight is 349 g/mol. The first-order valence-electron chi connectivity index (χ1n) is 5.37. The fourth-order valence-electron chi connectivity index (χ4n) is 2.19. The summed E-state index contributed by atoms with van der Waals surface area (Å²) >= 11 is 2.12. The first-order chi connectivity index (χ1) is 8.59. The largest absolute Gasteiger partial charge is 0.398 e. The van der Waals surface area contributed by atoms with Crippen molar-refractivity contribution in [1.82, 2.24) is 0 Å². The summed E-state index contributed by atoms with van der Waals surface area (Å²) in [5, 5.41) is 0. The molecule has 0 radical (unpaired) electrons. The first kappa shape index (κ1) is 11.4. The Morgan fingerprint density at radius 2 is 1.67 bits per heavy atom. The molecular formula is C14H8INO2. The molecule has 3 rings (SSSR count). The smallest absolute Gasteiger partial charge is 0.196 e. The molecule has 0 saturated carbocycles. The molecule has 18 heavy (non-hydrogen) atoms. The molecule has 0 heterocycles. The molecule has 0 amide bonds. The summed E-state index contributed by atoms with van der Waals surface area (Å²) in [7, 11) is 0. The van der Waals surface area contributed by atoms with Crippen molar-refractivity contribution >= 4 is 39.8 Å². The molecule has 0 unspecified atom stereocenters. The van der Waals surface area contributed by atoms with Crippen LogP contribution in [0.4, 0.5) is 5.69 Å². The molecule has 88 valence electrons. The summed E-state index contributed by atoms with van der Waals surface area (Å²) in [5.41, 5.74) is 7.79. The van der Waals surface area contributed by atoms with Gasteiger partial charge in [0.2, 0.25) is 0 Å². The molecule has 0 bridgehead atoms. The third-order valence-corrected chi connectivity index (χ3v) is 3.71. The molecule has 0 fully saturated rings. The Hall–Kier alpha value is -1.69. The number of hydrogen-bond donors (Lipinski definition) is 1. The zero-order chi connectivity index (χ0) is 12.9. The standard InChI is InChI=1S/C14H8INO2/c15-7-4-5-8-10(6-7)13(17)9-2-1-3-11(16)12(9)14(8)18/h1-6H,16H2. The molecule has 1 aliphatic rings. The lowest BCUT2D eigenvalue weighted by Gasteiger charge is -2.18. The number of carbonyl (C=O) groups is 2. The van der Waals surface area contributed by atoms with Crippen LogP contribution in [0.1, 0.15) is 31.8 Å². The van der Waals surface area contributed by atoms with Crippen LogP contribution in [0.25, 0.3) is 0 Å². The van der Waals surface area contributed by atoms with E-state index in [1.165, 1.54) is 0 Å². The van der Waals surface area contributed by atoms with Gasteiger partial charge in [-0.3, -0.25) is 9.59 Å². The van der Waals surface area contributed by atoms with E-state index in [4.69, 9.17) is 5.73 Å². The van der Waals surface area contributed by atoms with Crippen LogP contribution in [0.5, 0.6) is 0 Å². The van der Waals surface area contributed by atoms with Gasteiger partial charge in [0.25, 0.3) is 0 Å². The van der Waals surface area contributed by atoms with Gasteiger partial charge in [-0.25, -0.2) is 0 Å². The minimum Gasteiger partial charge on any atom is -0.398 e. The van der Waals surface area contributed by atoms with Crippen LogP contribution in [-0.4, -0.2) is 11.6 Å². The van der Waals surface area contributed by atoms with Crippen molar-refractivity contribution in [2.75, 3.05) is 5.73 Å².